The molecular weight excluding hydrogens is 380 g/mol. The van der Waals surface area contributed by atoms with Gasteiger partial charge in [0.25, 0.3) is 5.91 Å². The summed E-state index contributed by atoms with van der Waals surface area (Å²) in [6, 6.07) is 11.5. The summed E-state index contributed by atoms with van der Waals surface area (Å²) in [6.45, 7) is -4.59. The number of anilines is 1. The Kier molecular flexibility index (Phi) is 6.98. The van der Waals surface area contributed by atoms with Crippen LogP contribution in [-0.2, 0) is 4.79 Å². The number of benzene rings is 2. The summed E-state index contributed by atoms with van der Waals surface area (Å²) in [5, 5.41) is 11.8. The van der Waals surface area contributed by atoms with Crippen LogP contribution in [0.15, 0.2) is 48.0 Å². The Balaban J connectivity index is 2.33. The van der Waals surface area contributed by atoms with Crippen molar-refractivity contribution in [3.63, 3.8) is 0 Å². The number of alkyl halides is 4. The van der Waals surface area contributed by atoms with Crippen molar-refractivity contribution in [1.29, 1.82) is 5.26 Å². The van der Waals surface area contributed by atoms with Gasteiger partial charge in [-0.1, -0.05) is 12.1 Å². The van der Waals surface area contributed by atoms with E-state index >= 15 is 0 Å². The molecule has 0 aliphatic rings. The maximum Gasteiger partial charge on any atom is 0.387 e. The van der Waals surface area contributed by atoms with Gasteiger partial charge in [-0.05, 0) is 42.8 Å². The van der Waals surface area contributed by atoms with Gasteiger partial charge in [-0.25, -0.2) is 0 Å². The number of nitrogens with one attached hydrogen (secondary N) is 1. The largest absolute Gasteiger partial charge is 0.435 e. The molecule has 1 N–H and O–H groups in total. The molecule has 28 heavy (non-hydrogen) atoms. The Morgan fingerprint density at radius 2 is 1.82 bits per heavy atom. The Bertz CT molecular complexity index is 924. The second-order valence-corrected chi connectivity index (χ2v) is 5.45. The molecule has 2 aromatic carbocycles. The molecule has 9 heteroatoms. The maximum atomic E-state index is 12.6. The van der Waals surface area contributed by atoms with Crippen molar-refractivity contribution in [2.45, 2.75) is 20.1 Å². The number of rotatable bonds is 7. The van der Waals surface area contributed by atoms with Crippen molar-refractivity contribution >= 4 is 17.7 Å². The number of hydrogen-bond donors (Lipinski definition) is 1. The smallest absolute Gasteiger partial charge is 0.387 e. The zero-order valence-corrected chi connectivity index (χ0v) is 14.5. The standard InChI is InChI=1S/C19H14F4N2O3/c1-11-3-2-4-14(7-11)25-17(26)13(10-24)8-12-5-6-15(27-18(20)21)9-16(12)28-19(22)23/h2-9,18-19H,1H3,(H,25,26)/b13-8+. The SMILES string of the molecule is Cc1cccc(NC(=O)/C(C#N)=C/c2ccc(OC(F)F)cc2OC(F)F)c1. The molecule has 0 heterocycles. The summed E-state index contributed by atoms with van der Waals surface area (Å²) in [5.41, 5.74) is 0.833. The zero-order chi connectivity index (χ0) is 20.7. The van der Waals surface area contributed by atoms with Crippen LogP contribution < -0.4 is 14.8 Å². The first-order valence-corrected chi connectivity index (χ1v) is 7.82. The number of ether oxygens (including phenoxy) is 2. The molecule has 2 aromatic rings. The van der Waals surface area contributed by atoms with E-state index < -0.39 is 36.2 Å². The minimum absolute atomic E-state index is 0.0853. The Labute approximate surface area is 157 Å². The third kappa shape index (κ3) is 6.02. The van der Waals surface area contributed by atoms with Gasteiger partial charge in [0.1, 0.15) is 23.1 Å². The molecule has 2 rings (SSSR count). The number of hydrogen-bond acceptors (Lipinski definition) is 4. The molecule has 0 bridgehead atoms. The normalized spacial score (nSPS) is 11.3. The first kappa shape index (κ1) is 20.8. The van der Waals surface area contributed by atoms with Crippen LogP contribution in [0.1, 0.15) is 11.1 Å². The number of nitrogens with zero attached hydrogens (tertiary/aromatic N) is 1. The van der Waals surface area contributed by atoms with Crippen molar-refractivity contribution in [2.24, 2.45) is 0 Å². The van der Waals surface area contributed by atoms with Crippen molar-refractivity contribution in [2.75, 3.05) is 5.32 Å². The average molecular weight is 394 g/mol. The van der Waals surface area contributed by atoms with Gasteiger partial charge in [-0.15, -0.1) is 0 Å². The van der Waals surface area contributed by atoms with E-state index in [2.05, 4.69) is 14.8 Å². The first-order chi connectivity index (χ1) is 13.3. The fraction of sp³-hybridized carbons (Fsp3) is 0.158. The van der Waals surface area contributed by atoms with E-state index in [0.717, 1.165) is 29.8 Å². The van der Waals surface area contributed by atoms with Crippen LogP contribution >= 0.6 is 0 Å². The Morgan fingerprint density at radius 1 is 1.11 bits per heavy atom. The Hall–Kier alpha value is -3.54. The van der Waals surface area contributed by atoms with Crippen molar-refractivity contribution < 1.29 is 31.8 Å². The number of amides is 1. The summed E-state index contributed by atoms with van der Waals surface area (Å²) in [7, 11) is 0. The van der Waals surface area contributed by atoms with Crippen molar-refractivity contribution in [1.82, 2.24) is 0 Å². The molecule has 0 fully saturated rings. The fourth-order valence-electron chi connectivity index (χ4n) is 2.23. The predicted molar refractivity (Wildman–Crippen MR) is 93.1 cm³/mol. The Morgan fingerprint density at radius 3 is 2.43 bits per heavy atom. The number of carbonyl (C=O) groups excluding carboxylic acids is 1. The molecule has 1 amide bonds. The molecule has 0 radical (unpaired) electrons. The maximum absolute atomic E-state index is 12.6. The van der Waals surface area contributed by atoms with E-state index in [-0.39, 0.29) is 5.56 Å². The summed E-state index contributed by atoms with van der Waals surface area (Å²) < 4.78 is 58.3. The number of carbonyl (C=O) groups is 1. The van der Waals surface area contributed by atoms with Crippen molar-refractivity contribution in [3.05, 3.63) is 59.2 Å². The van der Waals surface area contributed by atoms with E-state index in [1.165, 1.54) is 0 Å². The minimum Gasteiger partial charge on any atom is -0.435 e. The lowest BCUT2D eigenvalue weighted by Crippen LogP contribution is -2.13. The zero-order valence-electron chi connectivity index (χ0n) is 14.5. The van der Waals surface area contributed by atoms with E-state index in [1.54, 1.807) is 24.3 Å². The van der Waals surface area contributed by atoms with E-state index in [0.29, 0.717) is 5.69 Å². The highest BCUT2D eigenvalue weighted by Crippen LogP contribution is 2.29. The molecule has 0 spiro atoms. The van der Waals surface area contributed by atoms with Gasteiger partial charge in [0.2, 0.25) is 0 Å². The molecule has 146 valence electrons. The highest BCUT2D eigenvalue weighted by Gasteiger charge is 2.15. The van der Waals surface area contributed by atoms with Crippen LogP contribution in [0.25, 0.3) is 6.08 Å². The van der Waals surface area contributed by atoms with Crippen molar-refractivity contribution in [3.8, 4) is 17.6 Å². The summed E-state index contributed by atoms with van der Waals surface area (Å²) in [4.78, 5) is 12.3. The van der Waals surface area contributed by atoms with Crippen LogP contribution in [0.4, 0.5) is 23.2 Å². The molecule has 0 unspecified atom stereocenters. The van der Waals surface area contributed by atoms with E-state index in [9.17, 15) is 27.6 Å². The molecule has 0 aliphatic carbocycles. The quantitative estimate of drug-likeness (QED) is 0.418. The molecular formula is C19H14F4N2O3. The average Bonchev–Trinajstić information content (AvgIpc) is 2.60. The topological polar surface area (TPSA) is 71.4 Å². The monoisotopic (exact) mass is 394 g/mol. The molecule has 0 aliphatic heterocycles. The van der Waals surface area contributed by atoms with Crippen LogP contribution in [0.3, 0.4) is 0 Å². The number of nitriles is 1. The van der Waals surface area contributed by atoms with Crippen LogP contribution in [0, 0.1) is 18.3 Å². The van der Waals surface area contributed by atoms with Gasteiger partial charge < -0.3 is 14.8 Å². The second kappa shape index (κ2) is 9.41. The van der Waals surface area contributed by atoms with Crippen LogP contribution in [0.2, 0.25) is 0 Å². The molecule has 0 saturated carbocycles. The van der Waals surface area contributed by atoms with Crippen LogP contribution in [0.5, 0.6) is 11.5 Å². The first-order valence-electron chi connectivity index (χ1n) is 7.82. The van der Waals surface area contributed by atoms with E-state index in [1.807, 2.05) is 13.0 Å². The second-order valence-electron chi connectivity index (χ2n) is 5.45. The number of halogens is 4. The summed E-state index contributed by atoms with van der Waals surface area (Å²) in [6.07, 6.45) is 1.01. The van der Waals surface area contributed by atoms with Gasteiger partial charge in [-0.3, -0.25) is 4.79 Å². The lowest BCUT2D eigenvalue weighted by atomic mass is 10.1. The highest BCUT2D eigenvalue weighted by molar-refractivity contribution is 6.09. The fourth-order valence-corrected chi connectivity index (χ4v) is 2.23. The lowest BCUT2D eigenvalue weighted by Gasteiger charge is -2.11. The summed E-state index contributed by atoms with van der Waals surface area (Å²) >= 11 is 0. The van der Waals surface area contributed by atoms with Gasteiger partial charge in [-0.2, -0.15) is 22.8 Å². The van der Waals surface area contributed by atoms with Gasteiger partial charge >= 0.3 is 13.2 Å². The van der Waals surface area contributed by atoms with Crippen LogP contribution in [-0.4, -0.2) is 19.1 Å². The predicted octanol–water partition coefficient (Wildman–Crippen LogP) is 4.74. The third-order valence-electron chi connectivity index (χ3n) is 3.37. The van der Waals surface area contributed by atoms with Gasteiger partial charge in [0.15, 0.2) is 0 Å². The summed E-state index contributed by atoms with van der Waals surface area (Å²) in [5.74, 6) is -1.71. The van der Waals surface area contributed by atoms with Gasteiger partial charge in [0.05, 0.1) is 0 Å². The minimum atomic E-state index is -3.25. The molecule has 0 atom stereocenters. The third-order valence-corrected chi connectivity index (χ3v) is 3.37. The molecule has 0 saturated heterocycles. The van der Waals surface area contributed by atoms with Gasteiger partial charge in [0, 0.05) is 17.3 Å². The highest BCUT2D eigenvalue weighted by atomic mass is 19.3. The molecule has 5 nitrogen and oxygen atoms in total. The number of aryl methyl sites for hydroxylation is 1. The lowest BCUT2D eigenvalue weighted by molar-refractivity contribution is -0.112. The molecule has 0 aromatic heterocycles. The van der Waals surface area contributed by atoms with E-state index in [4.69, 9.17) is 0 Å².